The van der Waals surface area contributed by atoms with E-state index >= 15 is 0 Å². The van der Waals surface area contributed by atoms with Gasteiger partial charge in [0.15, 0.2) is 0 Å². The predicted octanol–water partition coefficient (Wildman–Crippen LogP) is 0.676. The molecular weight excluding hydrogens is 246 g/mol. The highest BCUT2D eigenvalue weighted by molar-refractivity contribution is 7.59. The van der Waals surface area contributed by atoms with Crippen molar-refractivity contribution in [3.05, 3.63) is 0 Å². The number of hydrogen-bond donors (Lipinski definition) is 0. The molecule has 14 heavy (non-hydrogen) atoms. The van der Waals surface area contributed by atoms with Crippen LogP contribution in [0.25, 0.3) is 0 Å². The van der Waals surface area contributed by atoms with Gasteiger partial charge in [-0.3, -0.25) is 4.79 Å². The summed E-state index contributed by atoms with van der Waals surface area (Å²) in [6.07, 6.45) is -11.6. The Morgan fingerprint density at radius 1 is 0.786 bits per heavy atom. The van der Waals surface area contributed by atoms with Crippen LogP contribution < -0.4 is 0 Å². The van der Waals surface area contributed by atoms with E-state index in [0.29, 0.717) is 0 Å². The number of Topliss-reactive ketones (excluding diaryl/α,β-unsaturated/α-hetero) is 1. The molecule has 0 radical (unpaired) electrons. The quantitative estimate of drug-likeness (QED) is 0.589. The summed E-state index contributed by atoms with van der Waals surface area (Å²) < 4.78 is 90.6. The molecular formula is C3F6O4S. The number of hydrogen-bond acceptors (Lipinski definition) is 4. The van der Waals surface area contributed by atoms with Gasteiger partial charge in [0.2, 0.25) is 0 Å². The van der Waals surface area contributed by atoms with Gasteiger partial charge in [0.25, 0.3) is 0 Å². The van der Waals surface area contributed by atoms with Gasteiger partial charge in [-0.2, -0.15) is 26.3 Å². The van der Waals surface area contributed by atoms with Crippen LogP contribution in [0.4, 0.5) is 26.3 Å². The summed E-state index contributed by atoms with van der Waals surface area (Å²) in [6.45, 7) is 0. The molecule has 0 amide bonds. The van der Waals surface area contributed by atoms with E-state index in [0.717, 1.165) is 0 Å². The maximum Gasteiger partial charge on any atom is 0.459 e. The SMILES string of the molecule is O=C(C(F)(F)F)C(F)(F)F.O=S(=O)=O. The molecule has 0 bridgehead atoms. The molecule has 0 unspecified atom stereocenters. The predicted molar refractivity (Wildman–Crippen MR) is 26.8 cm³/mol. The Morgan fingerprint density at radius 2 is 0.929 bits per heavy atom. The van der Waals surface area contributed by atoms with Crippen molar-refractivity contribution in [2.45, 2.75) is 12.4 Å². The van der Waals surface area contributed by atoms with Crippen molar-refractivity contribution in [3.63, 3.8) is 0 Å². The van der Waals surface area contributed by atoms with Gasteiger partial charge in [0.1, 0.15) is 0 Å². The van der Waals surface area contributed by atoms with Gasteiger partial charge < -0.3 is 0 Å². The van der Waals surface area contributed by atoms with Crippen molar-refractivity contribution in [1.29, 1.82) is 0 Å². The minimum absolute atomic E-state index is 3.11. The Morgan fingerprint density at radius 3 is 0.929 bits per heavy atom. The molecule has 0 aromatic carbocycles. The zero-order valence-electron chi connectivity index (χ0n) is 5.81. The molecule has 0 aliphatic rings. The van der Waals surface area contributed by atoms with Gasteiger partial charge >= 0.3 is 28.7 Å². The van der Waals surface area contributed by atoms with Crippen LogP contribution in [0.3, 0.4) is 0 Å². The van der Waals surface area contributed by atoms with Crippen LogP contribution in [0.5, 0.6) is 0 Å². The third kappa shape index (κ3) is 8.96. The number of rotatable bonds is 0. The fourth-order valence-corrected chi connectivity index (χ4v) is 0.161. The number of ketones is 1. The van der Waals surface area contributed by atoms with Crippen molar-refractivity contribution in [3.8, 4) is 0 Å². The second-order valence-electron chi connectivity index (χ2n) is 1.53. The van der Waals surface area contributed by atoms with Gasteiger partial charge in [-0.25, -0.2) is 0 Å². The Kier molecular flexibility index (Phi) is 5.40. The van der Waals surface area contributed by atoms with E-state index in [2.05, 4.69) is 0 Å². The van der Waals surface area contributed by atoms with E-state index in [1.54, 1.807) is 0 Å². The number of alkyl halides is 6. The molecule has 0 heterocycles. The standard InChI is InChI=1S/C3F6O.O3S/c4-2(5,6)1(10)3(7,8)9;1-4(2)3. The zero-order valence-corrected chi connectivity index (χ0v) is 6.63. The largest absolute Gasteiger partial charge is 0.459 e. The minimum Gasteiger partial charge on any atom is -0.279 e. The van der Waals surface area contributed by atoms with Crippen LogP contribution in [0.2, 0.25) is 0 Å². The van der Waals surface area contributed by atoms with E-state index in [1.807, 2.05) is 0 Å². The fourth-order valence-electron chi connectivity index (χ4n) is 0.161. The fraction of sp³-hybridized carbons (Fsp3) is 0.667. The second-order valence-corrected chi connectivity index (χ2v) is 1.94. The first-order valence-corrected chi connectivity index (χ1v) is 3.34. The highest BCUT2D eigenvalue weighted by Gasteiger charge is 2.55. The van der Waals surface area contributed by atoms with E-state index in [-0.39, 0.29) is 0 Å². The molecule has 11 heteroatoms. The van der Waals surface area contributed by atoms with Crippen LogP contribution in [-0.2, 0) is 15.4 Å². The lowest BCUT2D eigenvalue weighted by Gasteiger charge is -2.06. The van der Waals surface area contributed by atoms with Gasteiger partial charge in [-0.15, -0.1) is 12.6 Å². The summed E-state index contributed by atoms with van der Waals surface area (Å²) >= 11 is 0. The molecule has 0 aliphatic heterocycles. The molecule has 0 spiro atoms. The van der Waals surface area contributed by atoms with Crippen LogP contribution >= 0.6 is 0 Å². The van der Waals surface area contributed by atoms with Gasteiger partial charge in [0.05, 0.1) is 0 Å². The topological polar surface area (TPSA) is 68.3 Å². The van der Waals surface area contributed by atoms with Gasteiger partial charge in [0, 0.05) is 0 Å². The lowest BCUT2D eigenvalue weighted by molar-refractivity contribution is -0.217. The van der Waals surface area contributed by atoms with Crippen LogP contribution in [0, 0.1) is 0 Å². The second kappa shape index (κ2) is 4.93. The van der Waals surface area contributed by atoms with Crippen LogP contribution in [-0.4, -0.2) is 30.8 Å². The zero-order chi connectivity index (χ0) is 12.2. The Labute approximate surface area is 73.6 Å². The number of carbonyl (C=O) groups is 1. The van der Waals surface area contributed by atoms with Crippen molar-refractivity contribution >= 4 is 16.4 Å². The molecule has 84 valence electrons. The highest BCUT2D eigenvalue weighted by Crippen LogP contribution is 2.28. The first kappa shape index (κ1) is 15.3. The molecule has 0 saturated carbocycles. The Hall–Kier alpha value is -1.13. The van der Waals surface area contributed by atoms with E-state index < -0.39 is 28.7 Å². The summed E-state index contributed by atoms with van der Waals surface area (Å²) in [5.74, 6) is -3.68. The first-order chi connectivity index (χ1) is 5.89. The monoisotopic (exact) mass is 246 g/mol. The van der Waals surface area contributed by atoms with Crippen molar-refractivity contribution in [1.82, 2.24) is 0 Å². The maximum absolute atomic E-state index is 10.9. The summed E-state index contributed by atoms with van der Waals surface area (Å²) in [6, 6.07) is 0. The Bertz CT molecular complexity index is 271. The average molecular weight is 246 g/mol. The summed E-state index contributed by atoms with van der Waals surface area (Å²) in [5.41, 5.74) is 0. The molecule has 0 rings (SSSR count). The van der Waals surface area contributed by atoms with E-state index in [4.69, 9.17) is 12.6 Å². The minimum atomic E-state index is -5.82. The van der Waals surface area contributed by atoms with Crippen LogP contribution in [0.1, 0.15) is 0 Å². The Balaban J connectivity index is 0. The van der Waals surface area contributed by atoms with Crippen molar-refractivity contribution in [2.24, 2.45) is 0 Å². The third-order valence-corrected chi connectivity index (χ3v) is 0.515. The van der Waals surface area contributed by atoms with Crippen molar-refractivity contribution in [2.75, 3.05) is 0 Å². The van der Waals surface area contributed by atoms with Crippen molar-refractivity contribution < 1.29 is 43.8 Å². The average Bonchev–Trinajstić information content (AvgIpc) is 1.80. The lowest BCUT2D eigenvalue weighted by Crippen LogP contribution is -2.36. The molecule has 0 N–H and O–H groups in total. The molecule has 0 aromatic heterocycles. The van der Waals surface area contributed by atoms with Gasteiger partial charge in [-0.1, -0.05) is 0 Å². The third-order valence-electron chi connectivity index (χ3n) is 0.515. The maximum atomic E-state index is 10.9. The molecule has 0 aromatic rings. The molecule has 4 nitrogen and oxygen atoms in total. The highest BCUT2D eigenvalue weighted by atomic mass is 32.2. The normalized spacial score (nSPS) is 11.3. The summed E-state index contributed by atoms with van der Waals surface area (Å²) in [7, 11) is -3.11. The smallest absolute Gasteiger partial charge is 0.279 e. The summed E-state index contributed by atoms with van der Waals surface area (Å²) in [5, 5.41) is 0. The molecule has 0 saturated heterocycles. The molecule has 0 aliphatic carbocycles. The van der Waals surface area contributed by atoms with Crippen LogP contribution in [0.15, 0.2) is 0 Å². The molecule has 0 atom stereocenters. The van der Waals surface area contributed by atoms with E-state index in [9.17, 15) is 31.1 Å². The van der Waals surface area contributed by atoms with E-state index in [1.165, 1.54) is 0 Å². The number of carbonyl (C=O) groups excluding carboxylic acids is 1. The summed E-state index contributed by atoms with van der Waals surface area (Å²) in [4.78, 5) is 9.24. The first-order valence-electron chi connectivity index (χ1n) is 2.34. The molecule has 0 fully saturated rings. The number of halogens is 6. The van der Waals surface area contributed by atoms with Gasteiger partial charge in [-0.05, 0) is 0 Å². The lowest BCUT2D eigenvalue weighted by atomic mass is 10.4.